The number of aromatic nitrogens is 1. The van der Waals surface area contributed by atoms with Crippen molar-refractivity contribution in [2.45, 2.75) is 19.3 Å². The number of rotatable bonds is 5. The Morgan fingerprint density at radius 1 is 1.43 bits per heavy atom. The minimum atomic E-state index is -1.03. The SMILES string of the molecule is O=C(O)c1csc(CCNC(=O)N2CCC(CO)CC2)n1. The van der Waals surface area contributed by atoms with Crippen LogP contribution in [-0.4, -0.2) is 58.3 Å². The van der Waals surface area contributed by atoms with Gasteiger partial charge in [-0.1, -0.05) is 0 Å². The molecule has 1 aromatic rings. The molecule has 0 atom stereocenters. The van der Waals surface area contributed by atoms with Gasteiger partial charge in [0.1, 0.15) is 0 Å². The number of carbonyl (C=O) groups is 2. The van der Waals surface area contributed by atoms with E-state index in [1.165, 1.54) is 16.7 Å². The van der Waals surface area contributed by atoms with E-state index in [4.69, 9.17) is 10.2 Å². The maximum absolute atomic E-state index is 11.9. The van der Waals surface area contributed by atoms with Gasteiger partial charge < -0.3 is 20.4 Å². The molecule has 8 heteroatoms. The van der Waals surface area contributed by atoms with Gasteiger partial charge in [0, 0.05) is 38.0 Å². The number of nitrogens with zero attached hydrogens (tertiary/aromatic N) is 2. The molecule has 1 fully saturated rings. The quantitative estimate of drug-likeness (QED) is 0.746. The molecule has 1 saturated heterocycles. The molecule has 0 aliphatic carbocycles. The number of carboxylic acids is 1. The third-order valence-electron chi connectivity index (χ3n) is 3.55. The molecule has 7 nitrogen and oxygen atoms in total. The number of hydrogen-bond donors (Lipinski definition) is 3. The summed E-state index contributed by atoms with van der Waals surface area (Å²) < 4.78 is 0. The highest BCUT2D eigenvalue weighted by Crippen LogP contribution is 2.16. The molecule has 0 unspecified atom stereocenters. The number of aliphatic hydroxyl groups excluding tert-OH is 1. The molecule has 116 valence electrons. The Hall–Kier alpha value is -1.67. The first-order valence-electron chi connectivity index (χ1n) is 6.91. The average Bonchev–Trinajstić information content (AvgIpc) is 2.96. The summed E-state index contributed by atoms with van der Waals surface area (Å²) in [5.74, 6) is -0.730. The lowest BCUT2D eigenvalue weighted by Crippen LogP contribution is -2.45. The van der Waals surface area contributed by atoms with Crippen molar-refractivity contribution >= 4 is 23.3 Å². The van der Waals surface area contributed by atoms with Crippen LogP contribution in [0.4, 0.5) is 4.79 Å². The van der Waals surface area contributed by atoms with Gasteiger partial charge in [-0.25, -0.2) is 14.6 Å². The summed E-state index contributed by atoms with van der Waals surface area (Å²) in [6.07, 6.45) is 2.19. The van der Waals surface area contributed by atoms with Gasteiger partial charge in [0.15, 0.2) is 5.69 Å². The van der Waals surface area contributed by atoms with E-state index in [1.807, 2.05) is 0 Å². The molecule has 0 saturated carbocycles. The van der Waals surface area contributed by atoms with Crippen LogP contribution in [0.25, 0.3) is 0 Å². The fourth-order valence-electron chi connectivity index (χ4n) is 2.23. The Labute approximate surface area is 126 Å². The molecule has 1 aliphatic rings. The van der Waals surface area contributed by atoms with Crippen molar-refractivity contribution in [3.05, 3.63) is 16.1 Å². The van der Waals surface area contributed by atoms with Crippen LogP contribution in [0.15, 0.2) is 5.38 Å². The number of amides is 2. The van der Waals surface area contributed by atoms with Crippen molar-refractivity contribution in [1.82, 2.24) is 15.2 Å². The van der Waals surface area contributed by atoms with Crippen LogP contribution in [0.1, 0.15) is 28.3 Å². The largest absolute Gasteiger partial charge is 0.476 e. The fourth-order valence-corrected chi connectivity index (χ4v) is 3.00. The van der Waals surface area contributed by atoms with Crippen molar-refractivity contribution in [1.29, 1.82) is 0 Å². The van der Waals surface area contributed by atoms with Crippen LogP contribution in [0.5, 0.6) is 0 Å². The number of hydrogen-bond acceptors (Lipinski definition) is 5. The van der Waals surface area contributed by atoms with E-state index in [1.54, 1.807) is 4.90 Å². The molecule has 3 N–H and O–H groups in total. The van der Waals surface area contributed by atoms with Crippen LogP contribution in [-0.2, 0) is 6.42 Å². The number of thiazole rings is 1. The van der Waals surface area contributed by atoms with Gasteiger partial charge in [-0.2, -0.15) is 0 Å². The summed E-state index contributed by atoms with van der Waals surface area (Å²) in [4.78, 5) is 28.4. The van der Waals surface area contributed by atoms with Gasteiger partial charge in [-0.05, 0) is 18.8 Å². The summed E-state index contributed by atoms with van der Waals surface area (Å²) in [5, 5.41) is 22.8. The minimum Gasteiger partial charge on any atom is -0.476 e. The Balaban J connectivity index is 1.70. The highest BCUT2D eigenvalue weighted by Gasteiger charge is 2.21. The lowest BCUT2D eigenvalue weighted by Gasteiger charge is -2.31. The number of piperidine rings is 1. The summed E-state index contributed by atoms with van der Waals surface area (Å²) >= 11 is 1.28. The van der Waals surface area contributed by atoms with Gasteiger partial charge in [0.05, 0.1) is 5.01 Å². The lowest BCUT2D eigenvalue weighted by atomic mass is 9.98. The number of aromatic carboxylic acids is 1. The molecule has 0 spiro atoms. The van der Waals surface area contributed by atoms with Crippen molar-refractivity contribution in [3.63, 3.8) is 0 Å². The summed E-state index contributed by atoms with van der Waals surface area (Å²) in [6, 6.07) is -0.110. The third-order valence-corrected chi connectivity index (χ3v) is 4.45. The van der Waals surface area contributed by atoms with E-state index < -0.39 is 5.97 Å². The molecule has 2 rings (SSSR count). The summed E-state index contributed by atoms with van der Waals surface area (Å²) in [5.41, 5.74) is 0.0485. The molecule has 21 heavy (non-hydrogen) atoms. The maximum Gasteiger partial charge on any atom is 0.355 e. The first-order valence-corrected chi connectivity index (χ1v) is 7.79. The molecule has 1 aliphatic heterocycles. The Morgan fingerprint density at radius 2 is 2.14 bits per heavy atom. The highest BCUT2D eigenvalue weighted by atomic mass is 32.1. The molecular weight excluding hydrogens is 294 g/mol. The van der Waals surface area contributed by atoms with Gasteiger partial charge in [0.2, 0.25) is 0 Å². The number of carbonyl (C=O) groups excluding carboxylic acids is 1. The number of urea groups is 1. The number of likely N-dealkylation sites (tertiary alicyclic amines) is 1. The van der Waals surface area contributed by atoms with E-state index in [0.717, 1.165) is 12.8 Å². The number of nitrogens with one attached hydrogen (secondary N) is 1. The molecule has 2 amide bonds. The standard InChI is InChI=1S/C13H19N3O4S/c17-7-9-2-5-16(6-3-9)13(20)14-4-1-11-15-10(8-21-11)12(18)19/h8-9,17H,1-7H2,(H,14,20)(H,18,19). The van der Waals surface area contributed by atoms with E-state index in [-0.39, 0.29) is 18.3 Å². The van der Waals surface area contributed by atoms with Gasteiger partial charge in [-0.15, -0.1) is 11.3 Å². The second-order valence-corrected chi connectivity index (χ2v) is 5.97. The average molecular weight is 313 g/mol. The topological polar surface area (TPSA) is 103 Å². The van der Waals surface area contributed by atoms with E-state index in [2.05, 4.69) is 10.3 Å². The minimum absolute atomic E-state index is 0.0485. The molecular formula is C13H19N3O4S. The number of carboxylic acid groups (broad SMARTS) is 1. The van der Waals surface area contributed by atoms with E-state index in [9.17, 15) is 9.59 Å². The van der Waals surface area contributed by atoms with Crippen molar-refractivity contribution in [3.8, 4) is 0 Å². The molecule has 1 aromatic heterocycles. The van der Waals surface area contributed by atoms with E-state index >= 15 is 0 Å². The Bertz CT molecular complexity index is 497. The Kier molecular flexibility index (Phi) is 5.51. The van der Waals surface area contributed by atoms with Crippen LogP contribution in [0, 0.1) is 5.92 Å². The predicted octanol–water partition coefficient (Wildman–Crippen LogP) is 0.798. The van der Waals surface area contributed by atoms with Crippen LogP contribution >= 0.6 is 11.3 Å². The normalized spacial score (nSPS) is 16.0. The van der Waals surface area contributed by atoms with Gasteiger partial charge >= 0.3 is 12.0 Å². The van der Waals surface area contributed by atoms with Crippen LogP contribution < -0.4 is 5.32 Å². The molecule has 2 heterocycles. The second kappa shape index (κ2) is 7.37. The monoisotopic (exact) mass is 313 g/mol. The zero-order chi connectivity index (χ0) is 15.2. The first kappa shape index (κ1) is 15.7. The van der Waals surface area contributed by atoms with Crippen molar-refractivity contribution in [2.75, 3.05) is 26.2 Å². The van der Waals surface area contributed by atoms with Gasteiger partial charge in [-0.3, -0.25) is 0 Å². The smallest absolute Gasteiger partial charge is 0.355 e. The molecule has 0 aromatic carbocycles. The highest BCUT2D eigenvalue weighted by molar-refractivity contribution is 7.09. The van der Waals surface area contributed by atoms with Crippen molar-refractivity contribution < 1.29 is 19.8 Å². The van der Waals surface area contributed by atoms with Crippen LogP contribution in [0.3, 0.4) is 0 Å². The van der Waals surface area contributed by atoms with Crippen molar-refractivity contribution in [2.24, 2.45) is 5.92 Å². The number of aliphatic hydroxyl groups is 1. The summed E-state index contributed by atoms with van der Waals surface area (Å²) in [7, 11) is 0. The summed E-state index contributed by atoms with van der Waals surface area (Å²) in [6.45, 7) is 1.95. The van der Waals surface area contributed by atoms with Gasteiger partial charge in [0.25, 0.3) is 0 Å². The third kappa shape index (κ3) is 4.40. The van der Waals surface area contributed by atoms with Crippen LogP contribution in [0.2, 0.25) is 0 Å². The zero-order valence-electron chi connectivity index (χ0n) is 11.6. The first-order chi connectivity index (χ1) is 10.1. The molecule has 0 radical (unpaired) electrons. The second-order valence-electron chi connectivity index (χ2n) is 5.03. The van der Waals surface area contributed by atoms with E-state index in [0.29, 0.717) is 37.0 Å². The maximum atomic E-state index is 11.9. The zero-order valence-corrected chi connectivity index (χ0v) is 12.4. The predicted molar refractivity (Wildman–Crippen MR) is 77.6 cm³/mol. The molecule has 0 bridgehead atoms. The fraction of sp³-hybridized carbons (Fsp3) is 0.615. The lowest BCUT2D eigenvalue weighted by molar-refractivity contribution is 0.0691. The Morgan fingerprint density at radius 3 is 2.71 bits per heavy atom.